The highest BCUT2D eigenvalue weighted by atomic mass is 16.5. The molecule has 0 bridgehead atoms. The van der Waals surface area contributed by atoms with E-state index in [1.165, 1.54) is 18.2 Å². The molecule has 2 aromatic rings. The molecule has 0 radical (unpaired) electrons. The van der Waals surface area contributed by atoms with Crippen LogP contribution in [0.4, 0.5) is 0 Å². The number of hydrogen-bond donors (Lipinski definition) is 0. The minimum Gasteiger partial charge on any atom is -0.465 e. The van der Waals surface area contributed by atoms with Crippen LogP contribution in [-0.4, -0.2) is 13.1 Å². The normalized spacial score (nSPS) is 10.3. The molecule has 2 heteroatoms. The standard InChI is InChI=1S/C17H18O2/c1-11-5-8-14(9-6-11)16-13(3)12(2)7-10-15(16)17(18)19-4/h5-10H,1-4H3. The maximum atomic E-state index is 11.9. The fourth-order valence-electron chi connectivity index (χ4n) is 2.19. The van der Waals surface area contributed by atoms with Crippen LogP contribution in [0.2, 0.25) is 0 Å². The summed E-state index contributed by atoms with van der Waals surface area (Å²) in [6.07, 6.45) is 0. The Bertz CT molecular complexity index is 610. The van der Waals surface area contributed by atoms with Gasteiger partial charge >= 0.3 is 5.97 Å². The first-order valence-corrected chi connectivity index (χ1v) is 6.30. The van der Waals surface area contributed by atoms with E-state index in [0.717, 1.165) is 16.7 Å². The maximum Gasteiger partial charge on any atom is 0.338 e. The van der Waals surface area contributed by atoms with Crippen molar-refractivity contribution in [1.29, 1.82) is 0 Å². The molecule has 0 aliphatic carbocycles. The number of ether oxygens (including phenoxy) is 1. The third-order valence-electron chi connectivity index (χ3n) is 3.48. The molecule has 19 heavy (non-hydrogen) atoms. The summed E-state index contributed by atoms with van der Waals surface area (Å²) < 4.78 is 4.88. The molecular weight excluding hydrogens is 236 g/mol. The van der Waals surface area contributed by atoms with Crippen molar-refractivity contribution in [3.8, 4) is 11.1 Å². The lowest BCUT2D eigenvalue weighted by atomic mass is 9.91. The van der Waals surface area contributed by atoms with Crippen LogP contribution in [0.1, 0.15) is 27.0 Å². The van der Waals surface area contributed by atoms with Crippen LogP contribution in [0.3, 0.4) is 0 Å². The number of carbonyl (C=O) groups excluding carboxylic acids is 1. The van der Waals surface area contributed by atoms with Gasteiger partial charge in [-0.15, -0.1) is 0 Å². The van der Waals surface area contributed by atoms with Gasteiger partial charge in [0.1, 0.15) is 0 Å². The topological polar surface area (TPSA) is 26.3 Å². The van der Waals surface area contributed by atoms with Crippen molar-refractivity contribution >= 4 is 5.97 Å². The summed E-state index contributed by atoms with van der Waals surface area (Å²) in [6.45, 7) is 6.14. The maximum absolute atomic E-state index is 11.9. The predicted octanol–water partition coefficient (Wildman–Crippen LogP) is 4.07. The van der Waals surface area contributed by atoms with Crippen molar-refractivity contribution in [3.63, 3.8) is 0 Å². The number of hydrogen-bond acceptors (Lipinski definition) is 2. The zero-order valence-electron chi connectivity index (χ0n) is 11.8. The van der Waals surface area contributed by atoms with E-state index in [-0.39, 0.29) is 5.97 Å². The van der Waals surface area contributed by atoms with Gasteiger partial charge < -0.3 is 4.74 Å². The highest BCUT2D eigenvalue weighted by molar-refractivity contribution is 5.98. The molecule has 0 amide bonds. The van der Waals surface area contributed by atoms with Crippen LogP contribution < -0.4 is 0 Å². The molecule has 0 aromatic heterocycles. The molecule has 0 unspecified atom stereocenters. The Balaban J connectivity index is 2.69. The van der Waals surface area contributed by atoms with Gasteiger partial charge in [0.25, 0.3) is 0 Å². The molecule has 0 aliphatic rings. The van der Waals surface area contributed by atoms with E-state index in [1.807, 2.05) is 45.0 Å². The Morgan fingerprint density at radius 1 is 0.947 bits per heavy atom. The van der Waals surface area contributed by atoms with E-state index in [0.29, 0.717) is 5.56 Å². The molecule has 0 fully saturated rings. The molecule has 2 aromatic carbocycles. The summed E-state index contributed by atoms with van der Waals surface area (Å²) in [5, 5.41) is 0. The number of carbonyl (C=O) groups is 1. The molecular formula is C17H18O2. The van der Waals surface area contributed by atoms with Crippen LogP contribution in [-0.2, 0) is 4.74 Å². The third kappa shape index (κ3) is 2.53. The summed E-state index contributed by atoms with van der Waals surface area (Å²) in [5.74, 6) is -0.293. The molecule has 0 saturated heterocycles. The molecule has 0 atom stereocenters. The van der Waals surface area contributed by atoms with Gasteiger partial charge in [-0.1, -0.05) is 35.9 Å². The largest absolute Gasteiger partial charge is 0.465 e. The third-order valence-corrected chi connectivity index (χ3v) is 3.48. The highest BCUT2D eigenvalue weighted by Crippen LogP contribution is 2.30. The Morgan fingerprint density at radius 3 is 2.16 bits per heavy atom. The van der Waals surface area contributed by atoms with Gasteiger partial charge in [-0.3, -0.25) is 0 Å². The Hall–Kier alpha value is -2.09. The van der Waals surface area contributed by atoms with E-state index < -0.39 is 0 Å². The lowest BCUT2D eigenvalue weighted by Gasteiger charge is -2.14. The lowest BCUT2D eigenvalue weighted by Crippen LogP contribution is -2.05. The summed E-state index contributed by atoms with van der Waals surface area (Å²) >= 11 is 0. The van der Waals surface area contributed by atoms with Crippen molar-refractivity contribution < 1.29 is 9.53 Å². The van der Waals surface area contributed by atoms with Gasteiger partial charge in [0.2, 0.25) is 0 Å². The van der Waals surface area contributed by atoms with E-state index in [9.17, 15) is 4.79 Å². The van der Waals surface area contributed by atoms with Crippen molar-refractivity contribution in [2.45, 2.75) is 20.8 Å². The van der Waals surface area contributed by atoms with Gasteiger partial charge in [0.15, 0.2) is 0 Å². The number of aryl methyl sites for hydroxylation is 2. The number of methoxy groups -OCH3 is 1. The first kappa shape index (κ1) is 13.3. The minimum absolute atomic E-state index is 0.293. The molecule has 0 N–H and O–H groups in total. The van der Waals surface area contributed by atoms with Crippen LogP contribution in [0.25, 0.3) is 11.1 Å². The van der Waals surface area contributed by atoms with Gasteiger partial charge in [-0.05, 0) is 49.1 Å². The van der Waals surface area contributed by atoms with Crippen molar-refractivity contribution in [2.75, 3.05) is 7.11 Å². The molecule has 2 rings (SSSR count). The first-order chi connectivity index (χ1) is 9.04. The van der Waals surface area contributed by atoms with Gasteiger partial charge in [-0.25, -0.2) is 4.79 Å². The second-order valence-corrected chi connectivity index (χ2v) is 4.79. The Morgan fingerprint density at radius 2 is 1.58 bits per heavy atom. The summed E-state index contributed by atoms with van der Waals surface area (Å²) in [5.41, 5.74) is 6.12. The van der Waals surface area contributed by atoms with E-state index >= 15 is 0 Å². The molecule has 98 valence electrons. The zero-order chi connectivity index (χ0) is 14.0. The fourth-order valence-corrected chi connectivity index (χ4v) is 2.19. The monoisotopic (exact) mass is 254 g/mol. The SMILES string of the molecule is COC(=O)c1ccc(C)c(C)c1-c1ccc(C)cc1. The number of esters is 1. The quantitative estimate of drug-likeness (QED) is 0.755. The first-order valence-electron chi connectivity index (χ1n) is 6.30. The zero-order valence-corrected chi connectivity index (χ0v) is 11.8. The van der Waals surface area contributed by atoms with Crippen molar-refractivity contribution in [2.24, 2.45) is 0 Å². The molecule has 0 spiro atoms. The Labute approximate surface area is 114 Å². The molecule has 0 saturated carbocycles. The number of benzene rings is 2. The van der Waals surface area contributed by atoms with Crippen molar-refractivity contribution in [1.82, 2.24) is 0 Å². The van der Waals surface area contributed by atoms with Crippen LogP contribution in [0.15, 0.2) is 36.4 Å². The van der Waals surface area contributed by atoms with Gasteiger partial charge in [0, 0.05) is 0 Å². The average molecular weight is 254 g/mol. The summed E-state index contributed by atoms with van der Waals surface area (Å²) in [7, 11) is 1.41. The van der Waals surface area contributed by atoms with E-state index in [2.05, 4.69) is 12.1 Å². The van der Waals surface area contributed by atoms with E-state index in [1.54, 1.807) is 0 Å². The van der Waals surface area contributed by atoms with Crippen LogP contribution in [0.5, 0.6) is 0 Å². The van der Waals surface area contributed by atoms with Gasteiger partial charge in [-0.2, -0.15) is 0 Å². The second-order valence-electron chi connectivity index (χ2n) is 4.79. The molecule has 0 aliphatic heterocycles. The summed E-state index contributed by atoms with van der Waals surface area (Å²) in [4.78, 5) is 11.9. The Kier molecular flexibility index (Phi) is 3.70. The fraction of sp³-hybridized carbons (Fsp3) is 0.235. The van der Waals surface area contributed by atoms with Crippen LogP contribution >= 0.6 is 0 Å². The van der Waals surface area contributed by atoms with Crippen LogP contribution in [0, 0.1) is 20.8 Å². The van der Waals surface area contributed by atoms with Gasteiger partial charge in [0.05, 0.1) is 12.7 Å². The van der Waals surface area contributed by atoms with Crippen molar-refractivity contribution in [3.05, 3.63) is 58.7 Å². The second kappa shape index (κ2) is 5.27. The molecule has 2 nitrogen and oxygen atoms in total. The lowest BCUT2D eigenvalue weighted by molar-refractivity contribution is 0.0601. The average Bonchev–Trinajstić information content (AvgIpc) is 2.42. The smallest absolute Gasteiger partial charge is 0.338 e. The minimum atomic E-state index is -0.293. The summed E-state index contributed by atoms with van der Waals surface area (Å²) in [6, 6.07) is 12.0. The highest BCUT2D eigenvalue weighted by Gasteiger charge is 2.16. The van der Waals surface area contributed by atoms with E-state index in [4.69, 9.17) is 4.74 Å². The molecule has 0 heterocycles. The predicted molar refractivity (Wildman–Crippen MR) is 77.4 cm³/mol. The number of rotatable bonds is 2.